The van der Waals surface area contributed by atoms with E-state index in [2.05, 4.69) is 10.4 Å². The molecule has 0 unspecified atom stereocenters. The van der Waals surface area contributed by atoms with Crippen LogP contribution in [0.5, 0.6) is 0 Å². The van der Waals surface area contributed by atoms with Crippen molar-refractivity contribution in [2.45, 2.75) is 25.5 Å². The van der Waals surface area contributed by atoms with Gasteiger partial charge in [0, 0.05) is 32.9 Å². The van der Waals surface area contributed by atoms with Crippen molar-refractivity contribution in [1.29, 1.82) is 0 Å². The predicted octanol–water partition coefficient (Wildman–Crippen LogP) is 0.689. The highest BCUT2D eigenvalue weighted by Crippen LogP contribution is 2.10. The van der Waals surface area contributed by atoms with E-state index >= 15 is 0 Å². The summed E-state index contributed by atoms with van der Waals surface area (Å²) in [6.45, 7) is 2.75. The number of hydrogen-bond donors (Lipinski definition) is 1. The molecule has 1 aliphatic heterocycles. The number of aromatic nitrogens is 2. The molecule has 1 aromatic heterocycles. The van der Waals surface area contributed by atoms with Gasteiger partial charge < -0.3 is 10.1 Å². The van der Waals surface area contributed by atoms with Crippen molar-refractivity contribution in [2.24, 2.45) is 7.05 Å². The van der Waals surface area contributed by atoms with Crippen LogP contribution < -0.4 is 5.32 Å². The molecule has 1 saturated heterocycles. The second kappa shape index (κ2) is 4.57. The summed E-state index contributed by atoms with van der Waals surface area (Å²) in [5, 5.41) is 7.50. The van der Waals surface area contributed by atoms with Gasteiger partial charge in [-0.2, -0.15) is 5.10 Å². The molecule has 0 bridgehead atoms. The lowest BCUT2D eigenvalue weighted by atomic mass is 10.2. The third-order valence-electron chi connectivity index (χ3n) is 2.62. The second-order valence-electron chi connectivity index (χ2n) is 3.71. The molecule has 1 N–H and O–H groups in total. The third kappa shape index (κ3) is 2.33. The molecule has 2 rings (SSSR count). The monoisotopic (exact) mass is 195 g/mol. The van der Waals surface area contributed by atoms with Crippen molar-refractivity contribution < 1.29 is 4.74 Å². The Labute approximate surface area is 84.3 Å². The first-order valence-electron chi connectivity index (χ1n) is 5.15. The molecule has 1 aromatic rings. The van der Waals surface area contributed by atoms with Crippen LogP contribution in [-0.4, -0.2) is 29.0 Å². The van der Waals surface area contributed by atoms with Crippen molar-refractivity contribution in [3.8, 4) is 0 Å². The van der Waals surface area contributed by atoms with Gasteiger partial charge in [0.25, 0.3) is 0 Å². The SMILES string of the molecule is Cn1nccc1CNC[C@H]1CCCO1. The number of aryl methyl sites for hydroxylation is 1. The highest BCUT2D eigenvalue weighted by atomic mass is 16.5. The van der Waals surface area contributed by atoms with Crippen LogP contribution in [0.15, 0.2) is 12.3 Å². The van der Waals surface area contributed by atoms with E-state index < -0.39 is 0 Å². The molecule has 0 saturated carbocycles. The molecule has 4 heteroatoms. The summed E-state index contributed by atoms with van der Waals surface area (Å²) in [5.74, 6) is 0. The summed E-state index contributed by atoms with van der Waals surface area (Å²) in [6, 6.07) is 2.03. The summed E-state index contributed by atoms with van der Waals surface area (Å²) in [5.41, 5.74) is 1.21. The van der Waals surface area contributed by atoms with E-state index in [0.717, 1.165) is 19.7 Å². The van der Waals surface area contributed by atoms with Crippen LogP contribution in [0, 0.1) is 0 Å². The van der Waals surface area contributed by atoms with Gasteiger partial charge in [0.2, 0.25) is 0 Å². The van der Waals surface area contributed by atoms with Crippen molar-refractivity contribution in [1.82, 2.24) is 15.1 Å². The summed E-state index contributed by atoms with van der Waals surface area (Å²) in [6.07, 6.45) is 4.64. The first kappa shape index (κ1) is 9.68. The van der Waals surface area contributed by atoms with Gasteiger partial charge in [0.1, 0.15) is 0 Å². The standard InChI is InChI=1S/C10H17N3O/c1-13-9(4-5-12-13)7-11-8-10-3-2-6-14-10/h4-5,10-11H,2-3,6-8H2,1H3/t10-/m1/s1. The number of rotatable bonds is 4. The smallest absolute Gasteiger partial charge is 0.0700 e. The summed E-state index contributed by atoms with van der Waals surface area (Å²) in [4.78, 5) is 0. The average molecular weight is 195 g/mol. The Morgan fingerprint density at radius 2 is 2.64 bits per heavy atom. The minimum atomic E-state index is 0.420. The van der Waals surface area contributed by atoms with E-state index in [1.165, 1.54) is 18.5 Å². The average Bonchev–Trinajstić information content (AvgIpc) is 2.78. The van der Waals surface area contributed by atoms with Crippen molar-refractivity contribution in [3.05, 3.63) is 18.0 Å². The van der Waals surface area contributed by atoms with Gasteiger partial charge in [0.05, 0.1) is 11.8 Å². The molecule has 1 atom stereocenters. The zero-order valence-electron chi connectivity index (χ0n) is 8.57. The van der Waals surface area contributed by atoms with Crippen molar-refractivity contribution in [3.63, 3.8) is 0 Å². The highest BCUT2D eigenvalue weighted by molar-refractivity contribution is 4.99. The Morgan fingerprint density at radius 3 is 3.29 bits per heavy atom. The van der Waals surface area contributed by atoms with Crippen LogP contribution in [0.4, 0.5) is 0 Å². The fraction of sp³-hybridized carbons (Fsp3) is 0.700. The van der Waals surface area contributed by atoms with Gasteiger partial charge in [-0.15, -0.1) is 0 Å². The topological polar surface area (TPSA) is 39.1 Å². The third-order valence-corrected chi connectivity index (χ3v) is 2.62. The zero-order valence-corrected chi connectivity index (χ0v) is 8.57. The van der Waals surface area contributed by atoms with E-state index in [9.17, 15) is 0 Å². The molecule has 0 aliphatic carbocycles. The minimum Gasteiger partial charge on any atom is -0.377 e. The van der Waals surface area contributed by atoms with Gasteiger partial charge in [-0.3, -0.25) is 4.68 Å². The molecular formula is C10H17N3O. The fourth-order valence-electron chi connectivity index (χ4n) is 1.74. The maximum absolute atomic E-state index is 5.52. The van der Waals surface area contributed by atoms with Crippen LogP contribution in [-0.2, 0) is 18.3 Å². The lowest BCUT2D eigenvalue weighted by Gasteiger charge is -2.10. The molecule has 78 valence electrons. The highest BCUT2D eigenvalue weighted by Gasteiger charge is 2.14. The normalized spacial score (nSPS) is 21.6. The van der Waals surface area contributed by atoms with Crippen LogP contribution in [0.25, 0.3) is 0 Å². The van der Waals surface area contributed by atoms with E-state index in [-0.39, 0.29) is 0 Å². The summed E-state index contributed by atoms with van der Waals surface area (Å²) in [7, 11) is 1.96. The van der Waals surface area contributed by atoms with Gasteiger partial charge in [-0.05, 0) is 18.9 Å². The van der Waals surface area contributed by atoms with Crippen LogP contribution in [0.2, 0.25) is 0 Å². The molecule has 0 amide bonds. The van der Waals surface area contributed by atoms with Crippen molar-refractivity contribution >= 4 is 0 Å². The molecule has 0 radical (unpaired) electrons. The maximum Gasteiger partial charge on any atom is 0.0700 e. The first-order chi connectivity index (χ1) is 6.86. The molecule has 4 nitrogen and oxygen atoms in total. The first-order valence-corrected chi connectivity index (χ1v) is 5.15. The van der Waals surface area contributed by atoms with Crippen molar-refractivity contribution in [2.75, 3.05) is 13.2 Å². The zero-order chi connectivity index (χ0) is 9.80. The summed E-state index contributed by atoms with van der Waals surface area (Å²) >= 11 is 0. The number of nitrogens with zero attached hydrogens (tertiary/aromatic N) is 2. The Bertz CT molecular complexity index is 279. The molecule has 14 heavy (non-hydrogen) atoms. The van der Waals surface area contributed by atoms with Crippen LogP contribution in [0.1, 0.15) is 18.5 Å². The van der Waals surface area contributed by atoms with Gasteiger partial charge in [-0.1, -0.05) is 0 Å². The minimum absolute atomic E-state index is 0.420. The Balaban J connectivity index is 1.70. The molecule has 2 heterocycles. The van der Waals surface area contributed by atoms with Gasteiger partial charge in [-0.25, -0.2) is 0 Å². The van der Waals surface area contributed by atoms with E-state index in [0.29, 0.717) is 6.10 Å². The van der Waals surface area contributed by atoms with Crippen LogP contribution in [0.3, 0.4) is 0 Å². The number of hydrogen-bond acceptors (Lipinski definition) is 3. The van der Waals surface area contributed by atoms with E-state index in [4.69, 9.17) is 4.74 Å². The lowest BCUT2D eigenvalue weighted by molar-refractivity contribution is 0.110. The Hall–Kier alpha value is -0.870. The van der Waals surface area contributed by atoms with Crippen LogP contribution >= 0.6 is 0 Å². The molecule has 0 aromatic carbocycles. The predicted molar refractivity (Wildman–Crippen MR) is 53.9 cm³/mol. The fourth-order valence-corrected chi connectivity index (χ4v) is 1.74. The van der Waals surface area contributed by atoms with Gasteiger partial charge in [0.15, 0.2) is 0 Å². The second-order valence-corrected chi connectivity index (χ2v) is 3.71. The molecule has 1 fully saturated rings. The Kier molecular flexibility index (Phi) is 3.16. The quantitative estimate of drug-likeness (QED) is 0.768. The van der Waals surface area contributed by atoms with E-state index in [1.807, 2.05) is 24.0 Å². The number of ether oxygens (including phenoxy) is 1. The largest absolute Gasteiger partial charge is 0.377 e. The molecule has 0 spiro atoms. The number of nitrogens with one attached hydrogen (secondary N) is 1. The maximum atomic E-state index is 5.52. The molecular weight excluding hydrogens is 178 g/mol. The molecule has 1 aliphatic rings. The van der Waals surface area contributed by atoms with E-state index in [1.54, 1.807) is 0 Å². The summed E-state index contributed by atoms with van der Waals surface area (Å²) < 4.78 is 7.41. The Morgan fingerprint density at radius 1 is 1.71 bits per heavy atom. The van der Waals surface area contributed by atoms with Gasteiger partial charge >= 0.3 is 0 Å². The lowest BCUT2D eigenvalue weighted by Crippen LogP contribution is -2.26.